The highest BCUT2D eigenvalue weighted by molar-refractivity contribution is 5.89. The Morgan fingerprint density at radius 2 is 1.54 bits per heavy atom. The van der Waals surface area contributed by atoms with Gasteiger partial charge < -0.3 is 15.5 Å². The van der Waals surface area contributed by atoms with Crippen LogP contribution in [0.1, 0.15) is 51.4 Å². The van der Waals surface area contributed by atoms with Crippen molar-refractivity contribution in [2.45, 2.75) is 51.4 Å². The van der Waals surface area contributed by atoms with Crippen LogP contribution in [0, 0.1) is 17.8 Å². The Kier molecular flexibility index (Phi) is 5.74. The molecule has 0 spiro atoms. The van der Waals surface area contributed by atoms with E-state index in [1.807, 2.05) is 4.90 Å². The largest absolute Gasteiger partial charge is 0.354 e. The van der Waals surface area contributed by atoms with Gasteiger partial charge in [-0.25, -0.2) is 0 Å². The quantitative estimate of drug-likeness (QED) is 0.683. The summed E-state index contributed by atoms with van der Waals surface area (Å²) in [5.74, 6) is 0.741. The van der Waals surface area contributed by atoms with Crippen molar-refractivity contribution < 1.29 is 14.4 Å². The molecule has 3 amide bonds. The van der Waals surface area contributed by atoms with Gasteiger partial charge in [0.1, 0.15) is 0 Å². The lowest BCUT2D eigenvalue weighted by Gasteiger charge is -2.20. The SMILES string of the molecule is O=C(NCCNC(=O)C1CC(=O)N(CC2CC2)C1)C1CCCCC1. The molecule has 1 saturated heterocycles. The Labute approximate surface area is 143 Å². The second-order valence-electron chi connectivity index (χ2n) is 7.56. The first kappa shape index (κ1) is 17.2. The number of carbonyl (C=O) groups is 3. The highest BCUT2D eigenvalue weighted by atomic mass is 16.2. The molecule has 0 aromatic carbocycles. The highest BCUT2D eigenvalue weighted by Crippen LogP contribution is 2.32. The van der Waals surface area contributed by atoms with Crippen LogP contribution in [0.25, 0.3) is 0 Å². The maximum atomic E-state index is 12.2. The number of rotatable bonds is 7. The molecule has 0 bridgehead atoms. The topological polar surface area (TPSA) is 78.5 Å². The van der Waals surface area contributed by atoms with E-state index in [0.29, 0.717) is 32.0 Å². The zero-order chi connectivity index (χ0) is 16.9. The van der Waals surface area contributed by atoms with E-state index in [-0.39, 0.29) is 29.6 Å². The molecule has 0 aromatic heterocycles. The average Bonchev–Trinajstić information content (AvgIpc) is 3.34. The number of hydrogen-bond donors (Lipinski definition) is 2. The normalized spacial score (nSPS) is 24.9. The molecular formula is C18H29N3O3. The molecule has 2 saturated carbocycles. The molecule has 1 unspecified atom stereocenters. The Morgan fingerprint density at radius 1 is 0.917 bits per heavy atom. The number of hydrogen-bond acceptors (Lipinski definition) is 3. The van der Waals surface area contributed by atoms with E-state index < -0.39 is 0 Å². The molecule has 1 atom stereocenters. The fourth-order valence-corrected chi connectivity index (χ4v) is 3.76. The zero-order valence-corrected chi connectivity index (χ0v) is 14.4. The lowest BCUT2D eigenvalue weighted by atomic mass is 9.89. The fraction of sp³-hybridized carbons (Fsp3) is 0.833. The van der Waals surface area contributed by atoms with Crippen LogP contribution < -0.4 is 10.6 Å². The first-order valence-electron chi connectivity index (χ1n) is 9.46. The molecule has 2 N–H and O–H groups in total. The van der Waals surface area contributed by atoms with Gasteiger partial charge in [-0.2, -0.15) is 0 Å². The lowest BCUT2D eigenvalue weighted by molar-refractivity contribution is -0.129. The van der Waals surface area contributed by atoms with E-state index >= 15 is 0 Å². The van der Waals surface area contributed by atoms with Crippen molar-refractivity contribution in [2.24, 2.45) is 17.8 Å². The molecule has 3 fully saturated rings. The van der Waals surface area contributed by atoms with Crippen molar-refractivity contribution in [2.75, 3.05) is 26.2 Å². The predicted octanol–water partition coefficient (Wildman–Crippen LogP) is 1.06. The summed E-state index contributed by atoms with van der Waals surface area (Å²) in [6.45, 7) is 2.27. The first-order valence-corrected chi connectivity index (χ1v) is 9.46. The molecule has 1 aliphatic heterocycles. The van der Waals surface area contributed by atoms with Gasteiger partial charge in [-0.1, -0.05) is 19.3 Å². The molecule has 0 radical (unpaired) electrons. The van der Waals surface area contributed by atoms with Crippen molar-refractivity contribution in [1.29, 1.82) is 0 Å². The minimum Gasteiger partial charge on any atom is -0.354 e. The summed E-state index contributed by atoms with van der Waals surface area (Å²) in [6, 6.07) is 0. The predicted molar refractivity (Wildman–Crippen MR) is 90.0 cm³/mol. The number of likely N-dealkylation sites (tertiary alicyclic amines) is 1. The summed E-state index contributed by atoms with van der Waals surface area (Å²) in [7, 11) is 0. The minimum absolute atomic E-state index is 0.0615. The van der Waals surface area contributed by atoms with E-state index in [9.17, 15) is 14.4 Å². The first-order chi connectivity index (χ1) is 11.6. The molecule has 0 aromatic rings. The molecule has 3 rings (SSSR count). The van der Waals surface area contributed by atoms with Gasteiger partial charge in [0.25, 0.3) is 0 Å². The average molecular weight is 335 g/mol. The van der Waals surface area contributed by atoms with Gasteiger partial charge in [0, 0.05) is 38.5 Å². The molecule has 3 aliphatic rings. The van der Waals surface area contributed by atoms with Crippen LogP contribution >= 0.6 is 0 Å². The summed E-state index contributed by atoms with van der Waals surface area (Å²) >= 11 is 0. The molecule has 1 heterocycles. The zero-order valence-electron chi connectivity index (χ0n) is 14.4. The fourth-order valence-electron chi connectivity index (χ4n) is 3.76. The highest BCUT2D eigenvalue weighted by Gasteiger charge is 2.36. The van der Waals surface area contributed by atoms with E-state index in [0.717, 1.165) is 32.2 Å². The molecule has 6 heteroatoms. The van der Waals surface area contributed by atoms with Crippen LogP contribution in [0.15, 0.2) is 0 Å². The molecule has 6 nitrogen and oxygen atoms in total. The van der Waals surface area contributed by atoms with Crippen molar-refractivity contribution in [1.82, 2.24) is 15.5 Å². The van der Waals surface area contributed by atoms with E-state index in [1.54, 1.807) is 0 Å². The Morgan fingerprint density at radius 3 is 2.17 bits per heavy atom. The Balaban J connectivity index is 1.31. The van der Waals surface area contributed by atoms with Gasteiger partial charge in [0.05, 0.1) is 5.92 Å². The minimum atomic E-state index is -0.231. The van der Waals surface area contributed by atoms with Gasteiger partial charge in [0.15, 0.2) is 0 Å². The van der Waals surface area contributed by atoms with Crippen LogP contribution in [0.3, 0.4) is 0 Å². The van der Waals surface area contributed by atoms with Crippen molar-refractivity contribution >= 4 is 17.7 Å². The Bertz CT molecular complexity index is 484. The van der Waals surface area contributed by atoms with E-state index in [1.165, 1.54) is 19.3 Å². The molecule has 2 aliphatic carbocycles. The third-order valence-corrected chi connectivity index (χ3v) is 5.46. The number of amides is 3. The van der Waals surface area contributed by atoms with Gasteiger partial charge in [0.2, 0.25) is 17.7 Å². The standard InChI is InChI=1S/C18H29N3O3/c22-16-10-15(12-21(16)11-13-6-7-13)18(24)20-9-8-19-17(23)14-4-2-1-3-5-14/h13-15H,1-12H2,(H,19,23)(H,20,24). The number of nitrogens with one attached hydrogen (secondary N) is 2. The van der Waals surface area contributed by atoms with Crippen molar-refractivity contribution in [3.05, 3.63) is 0 Å². The van der Waals surface area contributed by atoms with E-state index in [4.69, 9.17) is 0 Å². The van der Waals surface area contributed by atoms with Crippen LogP contribution in [0.5, 0.6) is 0 Å². The van der Waals surface area contributed by atoms with Crippen LogP contribution in [0.2, 0.25) is 0 Å². The maximum absolute atomic E-state index is 12.2. The van der Waals surface area contributed by atoms with Gasteiger partial charge in [-0.05, 0) is 31.6 Å². The monoisotopic (exact) mass is 335 g/mol. The molecule has 134 valence electrons. The maximum Gasteiger partial charge on any atom is 0.225 e. The summed E-state index contributed by atoms with van der Waals surface area (Å²) in [5, 5.41) is 5.78. The van der Waals surface area contributed by atoms with Crippen LogP contribution in [-0.2, 0) is 14.4 Å². The van der Waals surface area contributed by atoms with Gasteiger partial charge in [-0.3, -0.25) is 14.4 Å². The second kappa shape index (κ2) is 7.99. The molecule has 24 heavy (non-hydrogen) atoms. The summed E-state index contributed by atoms with van der Waals surface area (Å²) in [6.07, 6.45) is 8.23. The van der Waals surface area contributed by atoms with Crippen LogP contribution in [0.4, 0.5) is 0 Å². The number of nitrogens with zero attached hydrogens (tertiary/aromatic N) is 1. The summed E-state index contributed by atoms with van der Waals surface area (Å²) in [4.78, 5) is 38.0. The van der Waals surface area contributed by atoms with Crippen LogP contribution in [-0.4, -0.2) is 48.8 Å². The Hall–Kier alpha value is -1.59. The van der Waals surface area contributed by atoms with Crippen molar-refractivity contribution in [3.8, 4) is 0 Å². The van der Waals surface area contributed by atoms with E-state index in [2.05, 4.69) is 10.6 Å². The third-order valence-electron chi connectivity index (χ3n) is 5.46. The van der Waals surface area contributed by atoms with Gasteiger partial charge >= 0.3 is 0 Å². The number of carbonyl (C=O) groups excluding carboxylic acids is 3. The third kappa shape index (κ3) is 4.71. The van der Waals surface area contributed by atoms with Gasteiger partial charge in [-0.15, -0.1) is 0 Å². The van der Waals surface area contributed by atoms with Crippen molar-refractivity contribution in [3.63, 3.8) is 0 Å². The summed E-state index contributed by atoms with van der Waals surface area (Å²) < 4.78 is 0. The summed E-state index contributed by atoms with van der Waals surface area (Å²) in [5.41, 5.74) is 0. The lowest BCUT2D eigenvalue weighted by Crippen LogP contribution is -2.40. The molecular weight excluding hydrogens is 306 g/mol. The smallest absolute Gasteiger partial charge is 0.225 e. The second-order valence-corrected chi connectivity index (χ2v) is 7.56.